The number of hydrogen-bond donors (Lipinski definition) is 0. The molecule has 3 amide bonds. The van der Waals surface area contributed by atoms with Gasteiger partial charge in [-0.3, -0.25) is 9.59 Å². The fourth-order valence-corrected chi connectivity index (χ4v) is 4.31. The Kier molecular flexibility index (Phi) is 6.63. The van der Waals surface area contributed by atoms with Crippen LogP contribution in [-0.2, 0) is 6.18 Å². The number of benzene rings is 1. The van der Waals surface area contributed by atoms with Crippen LogP contribution in [-0.4, -0.2) is 75.7 Å². The highest BCUT2D eigenvalue weighted by Gasteiger charge is 2.32. The van der Waals surface area contributed by atoms with E-state index in [2.05, 4.69) is 5.10 Å². The van der Waals surface area contributed by atoms with Crippen molar-refractivity contribution < 1.29 is 22.8 Å². The number of nitrogens with zero attached hydrogens (tertiary/aromatic N) is 5. The molecule has 8 nitrogen and oxygen atoms in total. The summed E-state index contributed by atoms with van der Waals surface area (Å²) in [4.78, 5) is 43.3. The van der Waals surface area contributed by atoms with Gasteiger partial charge in [0, 0.05) is 51.0 Å². The van der Waals surface area contributed by atoms with Gasteiger partial charge in [0.2, 0.25) is 5.43 Å². The number of carbonyl (C=O) groups excluding carboxylic acids is 2. The fourth-order valence-electron chi connectivity index (χ4n) is 4.31. The van der Waals surface area contributed by atoms with Crippen LogP contribution in [0.5, 0.6) is 0 Å². The molecule has 34 heavy (non-hydrogen) atoms. The SMILES string of the molecule is Cc1cc(=O)c(C(=O)N2CCN(C(=O)N3CCCCC3)CC2)nn1-c1cccc(C(F)(F)F)c1. The summed E-state index contributed by atoms with van der Waals surface area (Å²) >= 11 is 0. The van der Waals surface area contributed by atoms with Gasteiger partial charge in [-0.25, -0.2) is 9.48 Å². The van der Waals surface area contributed by atoms with Crippen molar-refractivity contribution in [2.45, 2.75) is 32.4 Å². The first-order chi connectivity index (χ1) is 16.1. The smallest absolute Gasteiger partial charge is 0.334 e. The van der Waals surface area contributed by atoms with Crippen LogP contribution in [0.2, 0.25) is 0 Å². The van der Waals surface area contributed by atoms with Crippen LogP contribution in [0.4, 0.5) is 18.0 Å². The highest BCUT2D eigenvalue weighted by Crippen LogP contribution is 2.30. The van der Waals surface area contributed by atoms with Crippen LogP contribution in [0.1, 0.15) is 41.0 Å². The van der Waals surface area contributed by atoms with E-state index < -0.39 is 23.1 Å². The molecule has 0 unspecified atom stereocenters. The van der Waals surface area contributed by atoms with Gasteiger partial charge < -0.3 is 14.7 Å². The molecule has 2 aromatic rings. The number of hydrogen-bond acceptors (Lipinski definition) is 4. The first kappa shape index (κ1) is 23.8. The van der Waals surface area contributed by atoms with Gasteiger partial charge >= 0.3 is 12.2 Å². The maximum absolute atomic E-state index is 13.1. The van der Waals surface area contributed by atoms with E-state index in [0.717, 1.165) is 44.5 Å². The van der Waals surface area contributed by atoms with E-state index in [0.29, 0.717) is 18.8 Å². The molecule has 2 aliphatic heterocycles. The molecule has 0 radical (unpaired) electrons. The van der Waals surface area contributed by atoms with Crippen LogP contribution < -0.4 is 5.43 Å². The number of halogens is 3. The Morgan fingerprint density at radius 2 is 1.50 bits per heavy atom. The van der Waals surface area contributed by atoms with Crippen LogP contribution in [0, 0.1) is 6.92 Å². The van der Waals surface area contributed by atoms with E-state index in [1.54, 1.807) is 4.90 Å². The highest BCUT2D eigenvalue weighted by molar-refractivity contribution is 5.92. The summed E-state index contributed by atoms with van der Waals surface area (Å²) in [5.74, 6) is -0.601. The minimum absolute atomic E-state index is 0.0350. The number of piperidine rings is 1. The van der Waals surface area contributed by atoms with E-state index in [4.69, 9.17) is 0 Å². The minimum Gasteiger partial charge on any atom is -0.334 e. The second-order valence-corrected chi connectivity index (χ2v) is 8.57. The van der Waals surface area contributed by atoms with Crippen LogP contribution in [0.3, 0.4) is 0 Å². The van der Waals surface area contributed by atoms with E-state index >= 15 is 0 Å². The molecule has 1 aromatic heterocycles. The summed E-state index contributed by atoms with van der Waals surface area (Å²) in [6.07, 6.45) is -1.44. The number of piperazine rings is 1. The molecule has 0 atom stereocenters. The molecule has 0 spiro atoms. The molecule has 1 aromatic carbocycles. The normalized spacial score (nSPS) is 17.1. The van der Waals surface area contributed by atoms with Crippen LogP contribution in [0.15, 0.2) is 35.1 Å². The molecule has 4 rings (SSSR count). The quantitative estimate of drug-likeness (QED) is 0.667. The molecular formula is C23H26F3N5O3. The number of alkyl halides is 3. The molecule has 0 N–H and O–H groups in total. The molecule has 0 aliphatic carbocycles. The zero-order chi connectivity index (χ0) is 24.5. The largest absolute Gasteiger partial charge is 0.416 e. The Hall–Kier alpha value is -3.37. The van der Waals surface area contributed by atoms with Crippen molar-refractivity contribution in [1.82, 2.24) is 24.5 Å². The Morgan fingerprint density at radius 1 is 0.882 bits per heavy atom. The zero-order valence-electron chi connectivity index (χ0n) is 18.8. The third-order valence-corrected chi connectivity index (χ3v) is 6.19. The number of rotatable bonds is 2. The standard InChI is InChI=1S/C23H26F3N5O3/c1-16-14-19(32)20(27-31(16)18-7-5-6-17(15-18)23(24,25)26)21(33)28-10-12-30(13-11-28)22(34)29-8-3-2-4-9-29/h5-7,14-15H,2-4,8-13H2,1H3. The van der Waals surface area contributed by atoms with Gasteiger partial charge in [0.25, 0.3) is 5.91 Å². The van der Waals surface area contributed by atoms with E-state index in [1.807, 2.05) is 4.90 Å². The predicted octanol–water partition coefficient (Wildman–Crippen LogP) is 2.92. The van der Waals surface area contributed by atoms with Crippen molar-refractivity contribution in [1.29, 1.82) is 0 Å². The molecule has 2 fully saturated rings. The van der Waals surface area contributed by atoms with Gasteiger partial charge in [-0.15, -0.1) is 0 Å². The Bertz CT molecular complexity index is 1130. The maximum Gasteiger partial charge on any atom is 0.416 e. The van der Waals surface area contributed by atoms with Gasteiger partial charge in [0.05, 0.1) is 11.3 Å². The highest BCUT2D eigenvalue weighted by atomic mass is 19.4. The van der Waals surface area contributed by atoms with Gasteiger partial charge in [-0.1, -0.05) is 6.07 Å². The maximum atomic E-state index is 13.1. The van der Waals surface area contributed by atoms with Crippen molar-refractivity contribution in [3.8, 4) is 5.69 Å². The molecular weight excluding hydrogens is 451 g/mol. The van der Waals surface area contributed by atoms with Crippen molar-refractivity contribution in [3.05, 3.63) is 57.5 Å². The van der Waals surface area contributed by atoms with Crippen molar-refractivity contribution in [2.75, 3.05) is 39.3 Å². The van der Waals surface area contributed by atoms with Crippen molar-refractivity contribution >= 4 is 11.9 Å². The number of aromatic nitrogens is 2. The first-order valence-electron chi connectivity index (χ1n) is 11.3. The zero-order valence-corrected chi connectivity index (χ0v) is 18.8. The Labute approximate surface area is 194 Å². The molecule has 2 saturated heterocycles. The summed E-state index contributed by atoms with van der Waals surface area (Å²) in [6, 6.07) is 5.70. The Morgan fingerprint density at radius 3 is 2.15 bits per heavy atom. The third kappa shape index (κ3) is 4.92. The van der Waals surface area contributed by atoms with Crippen molar-refractivity contribution in [3.63, 3.8) is 0 Å². The van der Waals surface area contributed by atoms with Gasteiger partial charge in [0.15, 0.2) is 5.69 Å². The van der Waals surface area contributed by atoms with E-state index in [-0.39, 0.29) is 30.5 Å². The molecule has 2 aliphatic rings. The average Bonchev–Trinajstić information content (AvgIpc) is 2.83. The number of aryl methyl sites for hydroxylation is 1. The van der Waals surface area contributed by atoms with Gasteiger partial charge in [-0.2, -0.15) is 18.3 Å². The van der Waals surface area contributed by atoms with Crippen molar-refractivity contribution in [2.24, 2.45) is 0 Å². The molecule has 11 heteroatoms. The lowest BCUT2D eigenvalue weighted by Gasteiger charge is -2.38. The number of carbonyl (C=O) groups is 2. The predicted molar refractivity (Wildman–Crippen MR) is 118 cm³/mol. The second-order valence-electron chi connectivity index (χ2n) is 8.57. The molecule has 3 heterocycles. The first-order valence-corrected chi connectivity index (χ1v) is 11.3. The van der Waals surface area contributed by atoms with Gasteiger partial charge in [-0.05, 0) is 44.4 Å². The van der Waals surface area contributed by atoms with Crippen LogP contribution in [0.25, 0.3) is 5.69 Å². The lowest BCUT2D eigenvalue weighted by atomic mass is 10.1. The summed E-state index contributed by atoms with van der Waals surface area (Å²) in [6.45, 7) is 4.19. The lowest BCUT2D eigenvalue weighted by molar-refractivity contribution is -0.137. The monoisotopic (exact) mass is 477 g/mol. The van der Waals surface area contributed by atoms with E-state index in [9.17, 15) is 27.6 Å². The fraction of sp³-hybridized carbons (Fsp3) is 0.478. The van der Waals surface area contributed by atoms with Crippen LogP contribution >= 0.6 is 0 Å². The Balaban J connectivity index is 1.51. The number of likely N-dealkylation sites (tertiary alicyclic amines) is 1. The topological polar surface area (TPSA) is 78.8 Å². The molecule has 0 bridgehead atoms. The van der Waals surface area contributed by atoms with Gasteiger partial charge in [0.1, 0.15) is 0 Å². The minimum atomic E-state index is -4.53. The number of amides is 3. The second kappa shape index (κ2) is 9.47. The summed E-state index contributed by atoms with van der Waals surface area (Å²) in [5, 5.41) is 4.12. The summed E-state index contributed by atoms with van der Waals surface area (Å²) in [5.41, 5.74) is -1.42. The molecule has 182 valence electrons. The summed E-state index contributed by atoms with van der Waals surface area (Å²) < 4.78 is 40.6. The number of urea groups is 1. The molecule has 0 saturated carbocycles. The lowest BCUT2D eigenvalue weighted by Crippen LogP contribution is -2.55. The average molecular weight is 477 g/mol. The third-order valence-electron chi connectivity index (χ3n) is 6.19. The van der Waals surface area contributed by atoms with E-state index in [1.165, 1.54) is 34.7 Å². The summed E-state index contributed by atoms with van der Waals surface area (Å²) in [7, 11) is 0.